The molecule has 3 amide bonds. The lowest BCUT2D eigenvalue weighted by atomic mass is 9.82. The number of benzene rings is 1. The van der Waals surface area contributed by atoms with Crippen LogP contribution in [0.3, 0.4) is 0 Å². The van der Waals surface area contributed by atoms with Crippen molar-refractivity contribution in [3.05, 3.63) is 46.6 Å². The van der Waals surface area contributed by atoms with Crippen molar-refractivity contribution in [1.82, 2.24) is 25.3 Å². The van der Waals surface area contributed by atoms with E-state index in [9.17, 15) is 32.8 Å². The van der Waals surface area contributed by atoms with Crippen LogP contribution in [0.25, 0.3) is 0 Å². The summed E-state index contributed by atoms with van der Waals surface area (Å²) in [4.78, 5) is 45.1. The topological polar surface area (TPSA) is 133 Å². The number of ether oxygens (including phenoxy) is 1. The van der Waals surface area contributed by atoms with Gasteiger partial charge < -0.3 is 20.3 Å². The fourth-order valence-electron chi connectivity index (χ4n) is 6.96. The van der Waals surface area contributed by atoms with E-state index in [4.69, 9.17) is 9.84 Å². The van der Waals surface area contributed by atoms with E-state index in [2.05, 4.69) is 16.7 Å². The summed E-state index contributed by atoms with van der Waals surface area (Å²) in [6, 6.07) is 4.32. The summed E-state index contributed by atoms with van der Waals surface area (Å²) in [6.45, 7) is 3.31. The summed E-state index contributed by atoms with van der Waals surface area (Å²) in [5.74, 6) is -1.79. The molecule has 45 heavy (non-hydrogen) atoms. The Bertz CT molecular complexity index is 1530. The molecule has 0 bridgehead atoms. The summed E-state index contributed by atoms with van der Waals surface area (Å²) >= 11 is 0. The number of rotatable bonds is 7. The number of likely N-dealkylation sites (tertiary alicyclic amines) is 1. The number of likely N-dealkylation sites (N-methyl/N-ethyl adjacent to an activating group) is 2. The molecule has 3 fully saturated rings. The van der Waals surface area contributed by atoms with Crippen LogP contribution in [0.15, 0.2) is 24.3 Å². The fourth-order valence-corrected chi connectivity index (χ4v) is 6.96. The minimum atomic E-state index is -4.64. The Morgan fingerprint density at radius 1 is 1.18 bits per heavy atom. The number of nitriles is 1. The molecule has 1 aliphatic carbocycles. The molecule has 14 heteroatoms. The third-order valence-electron chi connectivity index (χ3n) is 9.44. The Labute approximate surface area is 258 Å². The number of aromatic nitrogens is 2. The predicted octanol–water partition coefficient (Wildman–Crippen LogP) is 3.24. The lowest BCUT2D eigenvalue weighted by molar-refractivity contribution is -0.137. The molecular formula is C31H36F3N7O4. The summed E-state index contributed by atoms with van der Waals surface area (Å²) in [7, 11) is 1.78. The van der Waals surface area contributed by atoms with Gasteiger partial charge >= 0.3 is 6.18 Å². The van der Waals surface area contributed by atoms with E-state index in [0.29, 0.717) is 50.4 Å². The van der Waals surface area contributed by atoms with Crippen molar-refractivity contribution in [1.29, 1.82) is 5.26 Å². The predicted molar refractivity (Wildman–Crippen MR) is 155 cm³/mol. The zero-order valence-electron chi connectivity index (χ0n) is 25.1. The van der Waals surface area contributed by atoms with Gasteiger partial charge in [-0.2, -0.15) is 23.5 Å². The van der Waals surface area contributed by atoms with Gasteiger partial charge in [-0.1, -0.05) is 6.07 Å². The maximum atomic E-state index is 14.3. The molecule has 0 radical (unpaired) electrons. The quantitative estimate of drug-likeness (QED) is 0.482. The van der Waals surface area contributed by atoms with Crippen molar-refractivity contribution in [3.8, 4) is 6.07 Å². The van der Waals surface area contributed by atoms with Gasteiger partial charge in [-0.25, -0.2) is 4.68 Å². The van der Waals surface area contributed by atoms with Crippen molar-refractivity contribution in [2.24, 2.45) is 5.92 Å². The Morgan fingerprint density at radius 3 is 2.53 bits per heavy atom. The van der Waals surface area contributed by atoms with Gasteiger partial charge in [0, 0.05) is 49.4 Å². The average Bonchev–Trinajstić information content (AvgIpc) is 3.67. The molecule has 2 aromatic rings. The van der Waals surface area contributed by atoms with E-state index in [-0.39, 0.29) is 35.8 Å². The molecule has 2 saturated heterocycles. The molecule has 4 heterocycles. The van der Waals surface area contributed by atoms with Gasteiger partial charge in [0.25, 0.3) is 17.7 Å². The fraction of sp³-hybridized carbons (Fsp3) is 0.581. The average molecular weight is 628 g/mol. The number of hydrogen-bond acceptors (Lipinski definition) is 7. The number of alkyl halides is 3. The van der Waals surface area contributed by atoms with Crippen LogP contribution in [-0.4, -0.2) is 83.9 Å². The van der Waals surface area contributed by atoms with Crippen LogP contribution in [0.4, 0.5) is 19.0 Å². The molecule has 240 valence electrons. The minimum Gasteiger partial charge on any atom is -0.381 e. The first-order valence-electron chi connectivity index (χ1n) is 15.4. The number of anilines is 1. The Balaban J connectivity index is 1.45. The second kappa shape index (κ2) is 12.1. The maximum absolute atomic E-state index is 14.3. The normalized spacial score (nSPS) is 25.6. The van der Waals surface area contributed by atoms with Crippen LogP contribution in [0.2, 0.25) is 0 Å². The van der Waals surface area contributed by atoms with Crippen LogP contribution in [-0.2, 0) is 15.7 Å². The highest BCUT2D eigenvalue weighted by molar-refractivity contribution is 6.07. The van der Waals surface area contributed by atoms with Gasteiger partial charge in [0.2, 0.25) is 0 Å². The molecule has 6 rings (SSSR count). The largest absolute Gasteiger partial charge is 0.416 e. The van der Waals surface area contributed by atoms with Gasteiger partial charge in [0.1, 0.15) is 17.9 Å². The summed E-state index contributed by atoms with van der Waals surface area (Å²) < 4.78 is 47.6. The highest BCUT2D eigenvalue weighted by Crippen LogP contribution is 2.52. The van der Waals surface area contributed by atoms with E-state index in [0.717, 1.165) is 31.0 Å². The Kier molecular flexibility index (Phi) is 8.34. The lowest BCUT2D eigenvalue weighted by Crippen LogP contribution is -2.56. The molecule has 2 N–H and O–H groups in total. The van der Waals surface area contributed by atoms with Crippen LogP contribution < -0.4 is 15.5 Å². The van der Waals surface area contributed by atoms with Crippen molar-refractivity contribution in [2.45, 2.75) is 75.3 Å². The first kappa shape index (κ1) is 31.0. The SMILES string of the molecule is CCN1C(=O)[C@@H](NC(=O)c2cccc(C(F)(F)F)c2)[C@@H](C2CC2)c2c(C(=O)N3C[C@@H](NC)C[C@@H]3C#N)nn(C3CCOCC3)c21. The molecule has 4 aliphatic rings. The van der Waals surface area contributed by atoms with Crippen LogP contribution >= 0.6 is 0 Å². The Morgan fingerprint density at radius 2 is 1.91 bits per heavy atom. The van der Waals surface area contributed by atoms with Crippen molar-refractivity contribution in [3.63, 3.8) is 0 Å². The summed E-state index contributed by atoms with van der Waals surface area (Å²) in [5, 5.41) is 20.7. The lowest BCUT2D eigenvalue weighted by Gasteiger charge is -2.39. The van der Waals surface area contributed by atoms with Crippen LogP contribution in [0, 0.1) is 17.2 Å². The molecule has 11 nitrogen and oxygen atoms in total. The van der Waals surface area contributed by atoms with E-state index in [1.807, 2.05) is 0 Å². The number of halogens is 3. The van der Waals surface area contributed by atoms with Crippen molar-refractivity contribution < 1.29 is 32.3 Å². The van der Waals surface area contributed by atoms with E-state index in [1.165, 1.54) is 15.9 Å². The van der Waals surface area contributed by atoms with E-state index < -0.39 is 47.5 Å². The first-order chi connectivity index (χ1) is 21.6. The molecule has 0 unspecified atom stereocenters. The second-order valence-electron chi connectivity index (χ2n) is 12.2. The molecule has 1 aromatic carbocycles. The van der Waals surface area contributed by atoms with E-state index in [1.54, 1.807) is 18.7 Å². The van der Waals surface area contributed by atoms with E-state index >= 15 is 0 Å². The van der Waals surface area contributed by atoms with Gasteiger partial charge in [-0.05, 0) is 70.2 Å². The summed E-state index contributed by atoms with van der Waals surface area (Å²) in [6.07, 6.45) is -1.42. The van der Waals surface area contributed by atoms with Gasteiger partial charge in [0.15, 0.2) is 5.69 Å². The number of amides is 3. The number of carbonyl (C=O) groups excluding carboxylic acids is 3. The number of nitrogens with one attached hydrogen (secondary N) is 2. The maximum Gasteiger partial charge on any atom is 0.416 e. The Hall–Kier alpha value is -3.96. The van der Waals surface area contributed by atoms with Crippen LogP contribution in [0.1, 0.15) is 83.0 Å². The van der Waals surface area contributed by atoms with Crippen molar-refractivity contribution in [2.75, 3.05) is 38.3 Å². The molecule has 4 atom stereocenters. The third-order valence-corrected chi connectivity index (χ3v) is 9.44. The number of fused-ring (bicyclic) bond motifs is 1. The number of nitrogens with zero attached hydrogens (tertiary/aromatic N) is 5. The minimum absolute atomic E-state index is 0.0483. The molecule has 1 saturated carbocycles. The third kappa shape index (κ3) is 5.68. The molecular weight excluding hydrogens is 591 g/mol. The first-order valence-corrected chi connectivity index (χ1v) is 15.4. The van der Waals surface area contributed by atoms with Crippen LogP contribution in [0.5, 0.6) is 0 Å². The zero-order chi connectivity index (χ0) is 32.0. The number of carbonyl (C=O) groups is 3. The summed E-state index contributed by atoms with van der Waals surface area (Å²) in [5.41, 5.74) is -0.490. The smallest absolute Gasteiger partial charge is 0.381 e. The second-order valence-corrected chi connectivity index (χ2v) is 12.2. The highest BCUT2D eigenvalue weighted by Gasteiger charge is 2.53. The zero-order valence-corrected chi connectivity index (χ0v) is 25.1. The van der Waals surface area contributed by atoms with Gasteiger partial charge in [0.05, 0.1) is 17.7 Å². The standard InChI is InChI=1S/C31H36F3N7O4/c1-3-39-28-24(23(17-7-8-17)25(29(39)43)37-27(42)18-5-4-6-19(13-18)31(32,33)34)26(38-41(28)21-9-11-45-12-10-21)30(44)40-16-20(36-2)14-22(40)15-35/h4-6,13,17,20-23,25,36H,3,7-12,14,16H2,1-2H3,(H,37,42)/t20-,22+,23-,25-/m0/s1. The molecule has 3 aliphatic heterocycles. The molecule has 1 aromatic heterocycles. The highest BCUT2D eigenvalue weighted by atomic mass is 19.4. The monoisotopic (exact) mass is 627 g/mol. The molecule has 0 spiro atoms. The van der Waals surface area contributed by atoms with Gasteiger partial charge in [-0.15, -0.1) is 0 Å². The van der Waals surface area contributed by atoms with Crippen molar-refractivity contribution >= 4 is 23.5 Å². The number of hydrogen-bond donors (Lipinski definition) is 2. The van der Waals surface area contributed by atoms with Gasteiger partial charge in [-0.3, -0.25) is 19.3 Å².